The molecule has 15 heteroatoms. The standard InChI is InChI=1S/2C18H22F2NO4.2C5H5.Ti/c2*1-11-14(18(24-4)25-5)9-13(10-17(22-2)23-3)21(11)16-7-6-12(19)8-15(16)20;2*1-2-4-5-3-1;/h2*6-7,9,17-18H,10H2,1-5H3;2*1-3H,4H2;/q4*-1;+4. The summed E-state index contributed by atoms with van der Waals surface area (Å²) in [6, 6.07) is 12.8. The molecule has 0 aliphatic heterocycles. The van der Waals surface area contributed by atoms with E-state index in [2.05, 4.69) is 36.4 Å². The molecule has 4 aromatic rings. The van der Waals surface area contributed by atoms with Crippen LogP contribution in [0.2, 0.25) is 0 Å². The Bertz CT molecular complexity index is 1870. The molecule has 10 nitrogen and oxygen atoms in total. The van der Waals surface area contributed by atoms with E-state index in [0.717, 1.165) is 36.1 Å². The quantitative estimate of drug-likeness (QED) is 0.0477. The monoisotopic (exact) mass is 886 g/mol. The van der Waals surface area contributed by atoms with Crippen LogP contribution in [0, 0.1) is 61.4 Å². The van der Waals surface area contributed by atoms with Gasteiger partial charge in [0, 0.05) is 127 Å². The van der Waals surface area contributed by atoms with Gasteiger partial charge < -0.3 is 47.0 Å². The van der Waals surface area contributed by atoms with E-state index in [1.165, 1.54) is 69.0 Å². The minimum Gasteiger partial charge on any atom is -0.369 e. The Labute approximate surface area is 372 Å². The van der Waals surface area contributed by atoms with Crippen LogP contribution in [0.5, 0.6) is 0 Å². The number of aromatic nitrogens is 2. The van der Waals surface area contributed by atoms with Crippen LogP contribution < -0.4 is 0 Å². The summed E-state index contributed by atoms with van der Waals surface area (Å²) in [5, 5.41) is 0. The Morgan fingerprint density at radius 2 is 0.885 bits per heavy atom. The smallest absolute Gasteiger partial charge is 0.369 e. The van der Waals surface area contributed by atoms with Gasteiger partial charge in [-0.3, -0.25) is 12.2 Å². The SMILES string of the molecule is COC(Cc1cc(C(OC)OC)c(C)n1-c1ccc(F)[c-]c1F)OC.COC(Cc1cc(C(OC)OC)c(C)n1-c1ccc(F)[c-]c1F)OC.[C-]1=CC=CC1.[C-]1=CC=CC1.[Ti+4]. The second-order valence-corrected chi connectivity index (χ2v) is 12.9. The Morgan fingerprint density at radius 1 is 0.541 bits per heavy atom. The predicted molar refractivity (Wildman–Crippen MR) is 218 cm³/mol. The fraction of sp³-hybridized carbons (Fsp3) is 0.391. The summed E-state index contributed by atoms with van der Waals surface area (Å²) in [4.78, 5) is 0. The van der Waals surface area contributed by atoms with Gasteiger partial charge in [-0.25, -0.2) is 41.9 Å². The number of methoxy groups -OCH3 is 8. The Hall–Kier alpha value is -3.93. The van der Waals surface area contributed by atoms with Gasteiger partial charge in [-0.05, 0) is 37.4 Å². The van der Waals surface area contributed by atoms with Gasteiger partial charge in [0.05, 0.1) is 0 Å². The summed E-state index contributed by atoms with van der Waals surface area (Å²) < 4.78 is 101. The third-order valence-corrected chi connectivity index (χ3v) is 9.23. The van der Waals surface area contributed by atoms with Crippen LogP contribution in [0.4, 0.5) is 17.6 Å². The van der Waals surface area contributed by atoms with Crippen molar-refractivity contribution in [1.82, 2.24) is 9.13 Å². The third-order valence-electron chi connectivity index (χ3n) is 9.23. The maximum absolute atomic E-state index is 14.3. The van der Waals surface area contributed by atoms with Gasteiger partial charge in [0.25, 0.3) is 0 Å². The van der Waals surface area contributed by atoms with Crippen LogP contribution in [0.1, 0.15) is 59.3 Å². The van der Waals surface area contributed by atoms with Crippen LogP contribution in [0.15, 0.2) is 72.9 Å². The van der Waals surface area contributed by atoms with Crippen LogP contribution in [0.3, 0.4) is 0 Å². The first-order valence-corrected chi connectivity index (χ1v) is 18.8. The van der Waals surface area contributed by atoms with Crippen molar-refractivity contribution in [3.8, 4) is 11.4 Å². The van der Waals surface area contributed by atoms with E-state index in [-0.39, 0.29) is 33.1 Å². The predicted octanol–water partition coefficient (Wildman–Crippen LogP) is 9.24. The molecular formula is C46H54F4N2O8Ti. The Balaban J connectivity index is 0.000000335. The van der Waals surface area contributed by atoms with Crippen molar-refractivity contribution in [2.45, 2.75) is 64.7 Å². The number of hydrogen-bond acceptors (Lipinski definition) is 8. The van der Waals surface area contributed by atoms with Crippen LogP contribution >= 0.6 is 0 Å². The van der Waals surface area contributed by atoms with Crippen molar-refractivity contribution in [3.05, 3.63) is 154 Å². The first kappa shape index (κ1) is 53.2. The molecular weight excluding hydrogens is 832 g/mol. The molecule has 2 aliphatic carbocycles. The average molecular weight is 887 g/mol. The Morgan fingerprint density at radius 3 is 1.11 bits per heavy atom. The van der Waals surface area contributed by atoms with Crippen LogP contribution in [-0.2, 0) is 72.5 Å². The van der Waals surface area contributed by atoms with E-state index < -0.39 is 48.4 Å². The van der Waals surface area contributed by atoms with Crippen molar-refractivity contribution < 1.29 is 77.2 Å². The zero-order valence-corrected chi connectivity index (χ0v) is 37.8. The van der Waals surface area contributed by atoms with E-state index in [0.29, 0.717) is 35.6 Å². The van der Waals surface area contributed by atoms with Gasteiger partial charge in [0.15, 0.2) is 25.2 Å². The summed E-state index contributed by atoms with van der Waals surface area (Å²) in [6.45, 7) is 3.61. The molecule has 2 aromatic carbocycles. The molecule has 0 saturated heterocycles. The molecule has 0 unspecified atom stereocenters. The van der Waals surface area contributed by atoms with Gasteiger partial charge in [0.2, 0.25) is 0 Å². The summed E-state index contributed by atoms with van der Waals surface area (Å²) in [5.41, 5.74) is 4.64. The van der Waals surface area contributed by atoms with Crippen LogP contribution in [0.25, 0.3) is 11.4 Å². The molecule has 6 rings (SSSR count). The van der Waals surface area contributed by atoms with E-state index in [1.54, 1.807) is 23.0 Å². The number of nitrogens with zero attached hydrogens (tertiary/aromatic N) is 2. The van der Waals surface area contributed by atoms with Gasteiger partial charge in [0.1, 0.15) is 0 Å². The summed E-state index contributed by atoms with van der Waals surface area (Å²) in [7, 11) is 12.2. The van der Waals surface area contributed by atoms with Crippen molar-refractivity contribution in [3.63, 3.8) is 0 Å². The molecule has 0 atom stereocenters. The number of benzene rings is 2. The molecule has 2 heterocycles. The largest absolute Gasteiger partial charge is 4.00 e. The second-order valence-electron chi connectivity index (χ2n) is 12.9. The van der Waals surface area contributed by atoms with Gasteiger partial charge in [-0.15, -0.1) is 49.2 Å². The maximum atomic E-state index is 14.3. The zero-order chi connectivity index (χ0) is 44.2. The average Bonchev–Trinajstić information content (AvgIpc) is 4.10. The number of rotatable bonds is 16. The first-order valence-electron chi connectivity index (χ1n) is 18.8. The topological polar surface area (TPSA) is 83.7 Å². The normalized spacial score (nSPS) is 12.5. The second kappa shape index (κ2) is 27.9. The summed E-state index contributed by atoms with van der Waals surface area (Å²) >= 11 is 0. The molecule has 61 heavy (non-hydrogen) atoms. The minimum absolute atomic E-state index is 0. The minimum atomic E-state index is -0.788. The molecule has 0 N–H and O–H groups in total. The molecule has 0 fully saturated rings. The van der Waals surface area contributed by atoms with Gasteiger partial charge in [-0.2, -0.15) is 12.2 Å². The number of hydrogen-bond donors (Lipinski definition) is 0. The summed E-state index contributed by atoms with van der Waals surface area (Å²) in [6.07, 6.45) is 18.4. The van der Waals surface area contributed by atoms with Crippen molar-refractivity contribution in [2.75, 3.05) is 56.9 Å². The van der Waals surface area contributed by atoms with Crippen LogP contribution in [-0.4, -0.2) is 78.6 Å². The van der Waals surface area contributed by atoms with E-state index in [4.69, 9.17) is 37.9 Å². The van der Waals surface area contributed by atoms with Crippen molar-refractivity contribution in [2.24, 2.45) is 0 Å². The third kappa shape index (κ3) is 15.1. The fourth-order valence-corrected chi connectivity index (χ4v) is 6.30. The molecule has 0 spiro atoms. The molecule has 0 radical (unpaired) electrons. The van der Waals surface area contributed by atoms with E-state index in [1.807, 2.05) is 36.4 Å². The molecule has 0 bridgehead atoms. The van der Waals surface area contributed by atoms with Gasteiger partial charge in [-0.1, -0.05) is 0 Å². The summed E-state index contributed by atoms with van der Waals surface area (Å²) in [5.74, 6) is -3.09. The Kier molecular flexibility index (Phi) is 24.3. The number of allylic oxidation sites excluding steroid dienone is 8. The molecule has 0 saturated carbocycles. The maximum Gasteiger partial charge on any atom is 4.00 e. The number of halogens is 4. The number of ether oxygens (including phenoxy) is 8. The molecule has 2 aromatic heterocycles. The molecule has 2 aliphatic rings. The molecule has 328 valence electrons. The van der Waals surface area contributed by atoms with E-state index >= 15 is 0 Å². The fourth-order valence-electron chi connectivity index (χ4n) is 6.30. The van der Waals surface area contributed by atoms with Crippen molar-refractivity contribution in [1.29, 1.82) is 0 Å². The van der Waals surface area contributed by atoms with E-state index in [9.17, 15) is 17.6 Å². The van der Waals surface area contributed by atoms with Crippen molar-refractivity contribution >= 4 is 0 Å². The van der Waals surface area contributed by atoms with Gasteiger partial charge >= 0.3 is 21.7 Å². The molecule has 0 amide bonds. The zero-order valence-electron chi connectivity index (χ0n) is 36.2. The first-order chi connectivity index (χ1) is 28.9.